The Morgan fingerprint density at radius 3 is 2.13 bits per heavy atom. The Labute approximate surface area is 136 Å². The first kappa shape index (κ1) is 13.8. The molecule has 0 atom stereocenters. The molecule has 0 saturated heterocycles. The lowest BCUT2D eigenvalue weighted by Crippen LogP contribution is -2.25. The summed E-state index contributed by atoms with van der Waals surface area (Å²) in [6.07, 6.45) is 3.74. The second-order valence-corrected chi connectivity index (χ2v) is 5.94. The van der Waals surface area contributed by atoms with Gasteiger partial charge in [-0.3, -0.25) is 4.98 Å². The van der Waals surface area contributed by atoms with Crippen LogP contribution in [0.15, 0.2) is 67.0 Å². The fraction of sp³-hybridized carbons (Fsp3) is 0.150. The lowest BCUT2D eigenvalue weighted by atomic mass is 10.1. The van der Waals surface area contributed by atoms with Crippen molar-refractivity contribution in [2.45, 2.75) is 13.8 Å². The Kier molecular flexibility index (Phi) is 3.27. The Balaban J connectivity index is 1.85. The van der Waals surface area contributed by atoms with Crippen LogP contribution >= 0.6 is 0 Å². The highest BCUT2D eigenvalue weighted by Crippen LogP contribution is 2.45. The van der Waals surface area contributed by atoms with Gasteiger partial charge in [0.2, 0.25) is 0 Å². The number of hydrogen-bond donors (Lipinski definition) is 0. The van der Waals surface area contributed by atoms with Gasteiger partial charge in [0.25, 0.3) is 0 Å². The van der Waals surface area contributed by atoms with Crippen LogP contribution < -0.4 is 9.80 Å². The van der Waals surface area contributed by atoms with Crippen LogP contribution in [0.25, 0.3) is 0 Å². The first-order valence-corrected chi connectivity index (χ1v) is 7.86. The SMILES string of the molecule is Cc1cccc(C)c1N1CN(c2cccnc2)c2ccccc21. The van der Waals surface area contributed by atoms with Gasteiger partial charge in [-0.15, -0.1) is 0 Å². The zero-order chi connectivity index (χ0) is 15.8. The van der Waals surface area contributed by atoms with E-state index >= 15 is 0 Å². The Bertz CT molecular complexity index is 822. The molecule has 4 rings (SSSR count). The number of nitrogens with zero attached hydrogens (tertiary/aromatic N) is 3. The molecule has 1 aliphatic heterocycles. The summed E-state index contributed by atoms with van der Waals surface area (Å²) in [4.78, 5) is 8.98. The summed E-state index contributed by atoms with van der Waals surface area (Å²) < 4.78 is 0. The third-order valence-electron chi connectivity index (χ3n) is 4.41. The highest BCUT2D eigenvalue weighted by molar-refractivity contribution is 5.88. The second kappa shape index (κ2) is 5.43. The molecule has 114 valence electrons. The van der Waals surface area contributed by atoms with Crippen LogP contribution in [-0.2, 0) is 0 Å². The molecule has 3 heteroatoms. The van der Waals surface area contributed by atoms with Gasteiger partial charge in [-0.25, -0.2) is 0 Å². The zero-order valence-corrected chi connectivity index (χ0v) is 13.4. The molecule has 2 aromatic carbocycles. The van der Waals surface area contributed by atoms with Crippen molar-refractivity contribution in [3.63, 3.8) is 0 Å². The molecular weight excluding hydrogens is 282 g/mol. The van der Waals surface area contributed by atoms with Gasteiger partial charge in [-0.2, -0.15) is 0 Å². The van der Waals surface area contributed by atoms with Crippen molar-refractivity contribution in [1.82, 2.24) is 4.98 Å². The first-order chi connectivity index (χ1) is 11.3. The topological polar surface area (TPSA) is 19.4 Å². The molecule has 0 saturated carbocycles. The van der Waals surface area contributed by atoms with Crippen LogP contribution in [0.4, 0.5) is 22.7 Å². The van der Waals surface area contributed by atoms with E-state index in [1.54, 1.807) is 0 Å². The molecular formula is C20H19N3. The number of fused-ring (bicyclic) bond motifs is 1. The largest absolute Gasteiger partial charge is 0.320 e. The van der Waals surface area contributed by atoms with Gasteiger partial charge >= 0.3 is 0 Å². The van der Waals surface area contributed by atoms with Gasteiger partial charge in [-0.05, 0) is 49.2 Å². The third-order valence-corrected chi connectivity index (χ3v) is 4.41. The molecule has 0 fully saturated rings. The van der Waals surface area contributed by atoms with E-state index in [4.69, 9.17) is 0 Å². The summed E-state index contributed by atoms with van der Waals surface area (Å²) in [5.41, 5.74) is 7.48. The molecule has 0 bridgehead atoms. The first-order valence-electron chi connectivity index (χ1n) is 7.86. The normalized spacial score (nSPS) is 13.3. The van der Waals surface area contributed by atoms with Crippen molar-refractivity contribution >= 4 is 22.7 Å². The minimum absolute atomic E-state index is 0.802. The van der Waals surface area contributed by atoms with Crippen molar-refractivity contribution in [3.05, 3.63) is 78.1 Å². The summed E-state index contributed by atoms with van der Waals surface area (Å²) in [7, 11) is 0. The number of rotatable bonds is 2. The number of pyridine rings is 1. The number of benzene rings is 2. The number of aromatic nitrogens is 1. The Morgan fingerprint density at radius 1 is 0.783 bits per heavy atom. The molecule has 0 amide bonds. The quantitative estimate of drug-likeness (QED) is 0.668. The van der Waals surface area contributed by atoms with Gasteiger partial charge in [0, 0.05) is 11.9 Å². The average Bonchev–Trinajstić information content (AvgIpc) is 2.95. The molecule has 3 aromatic rings. The summed E-state index contributed by atoms with van der Waals surface area (Å²) in [5.74, 6) is 0. The van der Waals surface area contributed by atoms with Crippen molar-refractivity contribution in [2.24, 2.45) is 0 Å². The van der Waals surface area contributed by atoms with Crippen molar-refractivity contribution < 1.29 is 0 Å². The molecule has 0 radical (unpaired) electrons. The third kappa shape index (κ3) is 2.25. The van der Waals surface area contributed by atoms with Crippen LogP contribution in [-0.4, -0.2) is 11.7 Å². The van der Waals surface area contributed by atoms with Gasteiger partial charge in [-0.1, -0.05) is 30.3 Å². The molecule has 1 aliphatic rings. The van der Waals surface area contributed by atoms with Gasteiger partial charge in [0.15, 0.2) is 0 Å². The highest BCUT2D eigenvalue weighted by Gasteiger charge is 2.29. The van der Waals surface area contributed by atoms with Crippen molar-refractivity contribution in [2.75, 3.05) is 16.5 Å². The maximum Gasteiger partial charge on any atom is 0.100 e. The second-order valence-electron chi connectivity index (χ2n) is 5.94. The van der Waals surface area contributed by atoms with Gasteiger partial charge < -0.3 is 9.80 Å². The molecule has 23 heavy (non-hydrogen) atoms. The minimum atomic E-state index is 0.802. The predicted molar refractivity (Wildman–Crippen MR) is 95.7 cm³/mol. The van der Waals surface area contributed by atoms with Gasteiger partial charge in [0.1, 0.15) is 6.67 Å². The Morgan fingerprint density at radius 2 is 1.48 bits per heavy atom. The molecule has 0 unspecified atom stereocenters. The van der Waals surface area contributed by atoms with Crippen LogP contribution in [0.2, 0.25) is 0 Å². The molecule has 0 spiro atoms. The van der Waals surface area contributed by atoms with Crippen LogP contribution in [0.3, 0.4) is 0 Å². The minimum Gasteiger partial charge on any atom is -0.320 e. The van der Waals surface area contributed by atoms with E-state index in [0.717, 1.165) is 12.4 Å². The molecule has 0 N–H and O–H groups in total. The van der Waals surface area contributed by atoms with E-state index in [-0.39, 0.29) is 0 Å². The maximum absolute atomic E-state index is 4.27. The fourth-order valence-electron chi connectivity index (χ4n) is 3.37. The zero-order valence-electron chi connectivity index (χ0n) is 13.4. The van der Waals surface area contributed by atoms with Gasteiger partial charge in [0.05, 0.1) is 23.3 Å². The maximum atomic E-state index is 4.27. The standard InChI is InChI=1S/C20H19N3/c1-15-7-5-8-16(2)20(15)23-14-22(17-9-6-12-21-13-17)18-10-3-4-11-19(18)23/h3-13H,14H2,1-2H3. The number of para-hydroxylation sites is 3. The number of anilines is 4. The molecule has 2 heterocycles. The summed E-state index contributed by atoms with van der Waals surface area (Å²) in [5, 5.41) is 0. The van der Waals surface area contributed by atoms with E-state index in [2.05, 4.69) is 77.2 Å². The predicted octanol–water partition coefficient (Wildman–Crippen LogP) is 4.95. The number of hydrogen-bond acceptors (Lipinski definition) is 3. The van der Waals surface area contributed by atoms with E-state index < -0.39 is 0 Å². The van der Waals surface area contributed by atoms with Crippen LogP contribution in [0.1, 0.15) is 11.1 Å². The lowest BCUT2D eigenvalue weighted by molar-refractivity contribution is 0.975. The molecule has 1 aromatic heterocycles. The van der Waals surface area contributed by atoms with E-state index in [1.807, 2.05) is 18.5 Å². The smallest absolute Gasteiger partial charge is 0.100 e. The van der Waals surface area contributed by atoms with Crippen LogP contribution in [0.5, 0.6) is 0 Å². The summed E-state index contributed by atoms with van der Waals surface area (Å²) in [6.45, 7) is 5.16. The summed E-state index contributed by atoms with van der Waals surface area (Å²) in [6, 6.07) is 19.1. The van der Waals surface area contributed by atoms with Crippen LogP contribution in [0, 0.1) is 13.8 Å². The average molecular weight is 301 g/mol. The highest BCUT2D eigenvalue weighted by atomic mass is 15.4. The lowest BCUT2D eigenvalue weighted by Gasteiger charge is -2.24. The fourth-order valence-corrected chi connectivity index (χ4v) is 3.37. The van der Waals surface area contributed by atoms with Crippen molar-refractivity contribution in [3.8, 4) is 0 Å². The Hall–Kier alpha value is -2.81. The number of aryl methyl sites for hydroxylation is 2. The molecule has 0 aliphatic carbocycles. The molecule has 3 nitrogen and oxygen atoms in total. The van der Waals surface area contributed by atoms with Crippen molar-refractivity contribution in [1.29, 1.82) is 0 Å². The monoisotopic (exact) mass is 301 g/mol. The van der Waals surface area contributed by atoms with E-state index in [9.17, 15) is 0 Å². The summed E-state index contributed by atoms with van der Waals surface area (Å²) >= 11 is 0. The van der Waals surface area contributed by atoms with E-state index in [1.165, 1.54) is 28.2 Å². The van der Waals surface area contributed by atoms with E-state index in [0.29, 0.717) is 0 Å².